The molecule has 0 saturated carbocycles. The van der Waals surface area contributed by atoms with Gasteiger partial charge in [-0.1, -0.05) is 0 Å². The number of nitrogens with one attached hydrogen (secondary N) is 2. The zero-order valence-corrected chi connectivity index (χ0v) is 18.3. The van der Waals surface area contributed by atoms with Gasteiger partial charge in [0.2, 0.25) is 5.91 Å². The van der Waals surface area contributed by atoms with Gasteiger partial charge in [-0.3, -0.25) is 4.79 Å². The first-order chi connectivity index (χ1) is 14.3. The van der Waals surface area contributed by atoms with Gasteiger partial charge in [0.25, 0.3) is 0 Å². The molecule has 0 radical (unpaired) electrons. The maximum atomic E-state index is 12.9. The summed E-state index contributed by atoms with van der Waals surface area (Å²) in [5.41, 5.74) is 0. The summed E-state index contributed by atoms with van der Waals surface area (Å²) < 4.78 is 14.6. The molecule has 1 rings (SSSR count). The first-order valence-electron chi connectivity index (χ1n) is 10.3. The molecule has 11 heteroatoms. The normalized spacial score (nSPS) is 14.7. The lowest BCUT2D eigenvalue weighted by atomic mass is 10.1. The van der Waals surface area contributed by atoms with Gasteiger partial charge in [-0.05, 0) is 40.0 Å². The second-order valence-corrected chi connectivity index (χ2v) is 7.08. The van der Waals surface area contributed by atoms with Crippen LogP contribution in [0.3, 0.4) is 0 Å². The molecule has 0 spiro atoms. The van der Waals surface area contributed by atoms with Crippen molar-refractivity contribution in [2.45, 2.75) is 52.2 Å². The Morgan fingerprint density at radius 1 is 0.967 bits per heavy atom. The molecule has 1 aliphatic rings. The predicted molar refractivity (Wildman–Crippen MR) is 108 cm³/mol. The van der Waals surface area contributed by atoms with Crippen LogP contribution in [0.2, 0.25) is 0 Å². The second-order valence-electron chi connectivity index (χ2n) is 7.08. The molecule has 1 atom stereocenters. The predicted octanol–water partition coefficient (Wildman–Crippen LogP) is 1.32. The Bertz CT molecular complexity index is 577. The quantitative estimate of drug-likeness (QED) is 0.417. The Hall–Kier alpha value is -2.72. The number of unbranched alkanes of at least 4 members (excludes halogenated alkanes) is 1. The van der Waals surface area contributed by atoms with Gasteiger partial charge in [0.05, 0.1) is 19.8 Å². The first-order valence-corrected chi connectivity index (χ1v) is 10.3. The molecule has 0 aromatic carbocycles. The van der Waals surface area contributed by atoms with Crippen molar-refractivity contribution in [1.29, 1.82) is 0 Å². The average Bonchev–Trinajstić information content (AvgIpc) is 2.71. The van der Waals surface area contributed by atoms with E-state index in [4.69, 9.17) is 9.47 Å². The van der Waals surface area contributed by atoms with E-state index in [1.165, 1.54) is 7.11 Å². The van der Waals surface area contributed by atoms with E-state index in [0.29, 0.717) is 58.6 Å². The van der Waals surface area contributed by atoms with Crippen molar-refractivity contribution >= 4 is 24.2 Å². The highest BCUT2D eigenvalue weighted by atomic mass is 16.6. The minimum absolute atomic E-state index is 0.205. The molecule has 0 aromatic heterocycles. The fourth-order valence-corrected chi connectivity index (χ4v) is 2.91. The van der Waals surface area contributed by atoms with Crippen molar-refractivity contribution < 1.29 is 33.4 Å². The molecule has 1 saturated heterocycles. The fourth-order valence-electron chi connectivity index (χ4n) is 2.91. The lowest BCUT2D eigenvalue weighted by Gasteiger charge is -2.36. The van der Waals surface area contributed by atoms with Crippen LogP contribution in [-0.4, -0.2) is 92.6 Å². The molecular weight excluding hydrogens is 396 g/mol. The van der Waals surface area contributed by atoms with Crippen LogP contribution < -0.4 is 10.6 Å². The largest absolute Gasteiger partial charge is 0.453 e. The highest BCUT2D eigenvalue weighted by Crippen LogP contribution is 2.10. The number of carbonyl (C=O) groups excluding carboxylic acids is 4. The Balaban J connectivity index is 2.51. The zero-order chi connectivity index (χ0) is 22.5. The van der Waals surface area contributed by atoms with Gasteiger partial charge >= 0.3 is 18.3 Å². The SMILES string of the molecule is CCOC(=O)NCCCCC(NC(=O)OC)C(=O)N1CCN(C(=O)OC(C)C)CC1. The lowest BCUT2D eigenvalue weighted by molar-refractivity contribution is -0.135. The molecule has 0 aliphatic carbocycles. The summed E-state index contributed by atoms with van der Waals surface area (Å²) in [5, 5.41) is 5.19. The van der Waals surface area contributed by atoms with Crippen LogP contribution in [0, 0.1) is 0 Å². The maximum Gasteiger partial charge on any atom is 0.410 e. The van der Waals surface area contributed by atoms with E-state index in [1.807, 2.05) is 0 Å². The van der Waals surface area contributed by atoms with Crippen molar-refractivity contribution in [3.8, 4) is 0 Å². The number of methoxy groups -OCH3 is 1. The molecule has 1 heterocycles. The number of alkyl carbamates (subject to hydrolysis) is 2. The molecule has 0 bridgehead atoms. The van der Waals surface area contributed by atoms with E-state index >= 15 is 0 Å². The summed E-state index contributed by atoms with van der Waals surface area (Å²) in [6.07, 6.45) is -0.134. The number of rotatable bonds is 9. The molecule has 2 N–H and O–H groups in total. The number of amides is 4. The molecule has 4 amide bonds. The van der Waals surface area contributed by atoms with Crippen molar-refractivity contribution in [3.05, 3.63) is 0 Å². The van der Waals surface area contributed by atoms with Crippen molar-refractivity contribution in [2.24, 2.45) is 0 Å². The van der Waals surface area contributed by atoms with Crippen LogP contribution in [0.15, 0.2) is 0 Å². The molecular formula is C19H34N4O7. The third-order valence-corrected chi connectivity index (χ3v) is 4.43. The van der Waals surface area contributed by atoms with Crippen LogP contribution in [0.5, 0.6) is 0 Å². The summed E-state index contributed by atoms with van der Waals surface area (Å²) >= 11 is 0. The van der Waals surface area contributed by atoms with Gasteiger partial charge in [0.1, 0.15) is 6.04 Å². The highest BCUT2D eigenvalue weighted by Gasteiger charge is 2.30. The van der Waals surface area contributed by atoms with E-state index in [-0.39, 0.29) is 12.0 Å². The number of carbonyl (C=O) groups is 4. The number of nitrogens with zero attached hydrogens (tertiary/aromatic N) is 2. The smallest absolute Gasteiger partial charge is 0.410 e. The highest BCUT2D eigenvalue weighted by molar-refractivity contribution is 5.86. The van der Waals surface area contributed by atoms with Crippen LogP contribution >= 0.6 is 0 Å². The maximum absolute atomic E-state index is 12.9. The molecule has 0 aromatic rings. The van der Waals surface area contributed by atoms with Gasteiger partial charge in [-0.15, -0.1) is 0 Å². The molecule has 1 aliphatic heterocycles. The molecule has 1 fully saturated rings. The van der Waals surface area contributed by atoms with Crippen LogP contribution in [-0.2, 0) is 19.0 Å². The van der Waals surface area contributed by atoms with E-state index < -0.39 is 24.3 Å². The third-order valence-electron chi connectivity index (χ3n) is 4.43. The summed E-state index contributed by atoms with van der Waals surface area (Å²) in [7, 11) is 1.24. The number of piperazine rings is 1. The van der Waals surface area contributed by atoms with Crippen LogP contribution in [0.25, 0.3) is 0 Å². The topological polar surface area (TPSA) is 127 Å². The number of ether oxygens (including phenoxy) is 3. The summed E-state index contributed by atoms with van der Waals surface area (Å²) in [4.78, 5) is 51.0. The van der Waals surface area contributed by atoms with Crippen molar-refractivity contribution in [3.63, 3.8) is 0 Å². The van der Waals surface area contributed by atoms with E-state index in [2.05, 4.69) is 15.4 Å². The van der Waals surface area contributed by atoms with Gasteiger partial charge in [0, 0.05) is 32.7 Å². The summed E-state index contributed by atoms with van der Waals surface area (Å²) in [5.74, 6) is -0.226. The van der Waals surface area contributed by atoms with Crippen LogP contribution in [0.1, 0.15) is 40.0 Å². The van der Waals surface area contributed by atoms with Crippen molar-refractivity contribution in [1.82, 2.24) is 20.4 Å². The zero-order valence-electron chi connectivity index (χ0n) is 18.3. The summed E-state index contributed by atoms with van der Waals surface area (Å²) in [6.45, 7) is 7.44. The molecule has 30 heavy (non-hydrogen) atoms. The Morgan fingerprint density at radius 2 is 1.60 bits per heavy atom. The number of hydrogen-bond acceptors (Lipinski definition) is 7. The Kier molecular flexibility index (Phi) is 11.4. The van der Waals surface area contributed by atoms with Crippen LogP contribution in [0.4, 0.5) is 14.4 Å². The van der Waals surface area contributed by atoms with Crippen molar-refractivity contribution in [2.75, 3.05) is 46.4 Å². The number of hydrogen-bond donors (Lipinski definition) is 2. The van der Waals surface area contributed by atoms with Gasteiger partial charge < -0.3 is 34.6 Å². The fraction of sp³-hybridized carbons (Fsp3) is 0.789. The van der Waals surface area contributed by atoms with Gasteiger partial charge in [-0.25, -0.2) is 14.4 Å². The monoisotopic (exact) mass is 430 g/mol. The third kappa shape index (κ3) is 9.19. The minimum Gasteiger partial charge on any atom is -0.453 e. The standard InChI is InChI=1S/C19H34N4O7/c1-5-29-17(25)20-9-7-6-8-15(21-18(26)28-4)16(24)22-10-12-23(13-11-22)19(27)30-14(2)3/h14-15H,5-13H2,1-4H3,(H,20,25)(H,21,26). The summed E-state index contributed by atoms with van der Waals surface area (Å²) in [6, 6.07) is -0.741. The van der Waals surface area contributed by atoms with Gasteiger partial charge in [0.15, 0.2) is 0 Å². The molecule has 1 unspecified atom stereocenters. The Morgan fingerprint density at radius 3 is 2.17 bits per heavy atom. The molecule has 172 valence electrons. The van der Waals surface area contributed by atoms with E-state index in [0.717, 1.165) is 0 Å². The first kappa shape index (κ1) is 25.3. The average molecular weight is 431 g/mol. The van der Waals surface area contributed by atoms with E-state index in [9.17, 15) is 19.2 Å². The van der Waals surface area contributed by atoms with Gasteiger partial charge in [-0.2, -0.15) is 0 Å². The second kappa shape index (κ2) is 13.5. The lowest BCUT2D eigenvalue weighted by Crippen LogP contribution is -2.56. The van der Waals surface area contributed by atoms with E-state index in [1.54, 1.807) is 30.6 Å². The minimum atomic E-state index is -0.741. The Labute approximate surface area is 177 Å². The molecule has 11 nitrogen and oxygen atoms in total.